The molecule has 0 aliphatic rings. The van der Waals surface area contributed by atoms with Crippen LogP contribution in [0.15, 0.2) is 29.2 Å². The molecule has 0 aromatic heterocycles. The van der Waals surface area contributed by atoms with Gasteiger partial charge in [-0.25, -0.2) is 8.42 Å². The highest BCUT2D eigenvalue weighted by atomic mass is 32.2. The van der Waals surface area contributed by atoms with Gasteiger partial charge in [-0.1, -0.05) is 31.9 Å². The van der Waals surface area contributed by atoms with Crippen molar-refractivity contribution in [1.82, 2.24) is 9.62 Å². The Hall–Kier alpha value is -1.35. The van der Waals surface area contributed by atoms with Crippen molar-refractivity contribution in [1.29, 1.82) is 0 Å². The number of sulfonamides is 1. The summed E-state index contributed by atoms with van der Waals surface area (Å²) in [5.74, 6) is 2.39. The maximum absolute atomic E-state index is 12.4. The van der Waals surface area contributed by atoms with Crippen molar-refractivity contribution in [3.63, 3.8) is 0 Å². The first-order valence-electron chi connectivity index (χ1n) is 6.79. The van der Waals surface area contributed by atoms with Crippen LogP contribution in [0.1, 0.15) is 25.8 Å². The number of hydrogen-bond donors (Lipinski definition) is 1. The monoisotopic (exact) mass is 294 g/mol. The van der Waals surface area contributed by atoms with Gasteiger partial charge in [-0.3, -0.25) is 0 Å². The Morgan fingerprint density at radius 1 is 1.35 bits per heavy atom. The third kappa shape index (κ3) is 4.34. The fourth-order valence-electron chi connectivity index (χ4n) is 1.84. The minimum atomic E-state index is -3.50. The molecule has 0 fully saturated rings. The van der Waals surface area contributed by atoms with Gasteiger partial charge in [-0.15, -0.1) is 6.42 Å². The van der Waals surface area contributed by atoms with Crippen LogP contribution in [0.2, 0.25) is 0 Å². The number of rotatable bonds is 8. The molecule has 0 bridgehead atoms. The summed E-state index contributed by atoms with van der Waals surface area (Å²) in [6, 6.07) is 6.99. The summed E-state index contributed by atoms with van der Waals surface area (Å²) in [5.41, 5.74) is 0.955. The first-order chi connectivity index (χ1) is 9.56. The molecule has 1 N–H and O–H groups in total. The standard InChI is InChI=1S/C15H22N2O2S/c1-4-10-16-13-14-8-7-9-15(12-14)20(18,19)17(6-3)11-5-2/h2,7-9,12,16H,4,6,10-11,13H2,1,3H3. The lowest BCUT2D eigenvalue weighted by atomic mass is 10.2. The van der Waals surface area contributed by atoms with Crippen molar-refractivity contribution in [3.8, 4) is 12.3 Å². The van der Waals surface area contributed by atoms with Crippen LogP contribution < -0.4 is 5.32 Å². The van der Waals surface area contributed by atoms with E-state index in [0.717, 1.165) is 18.5 Å². The normalized spacial score (nSPS) is 11.5. The second-order valence-corrected chi connectivity index (χ2v) is 6.40. The molecule has 0 saturated heterocycles. The molecule has 0 radical (unpaired) electrons. The molecule has 4 nitrogen and oxygen atoms in total. The van der Waals surface area contributed by atoms with Crippen LogP contribution in [0.25, 0.3) is 0 Å². The highest BCUT2D eigenvalue weighted by molar-refractivity contribution is 7.89. The van der Waals surface area contributed by atoms with Crippen molar-refractivity contribution < 1.29 is 8.42 Å². The van der Waals surface area contributed by atoms with Crippen molar-refractivity contribution in [2.75, 3.05) is 19.6 Å². The van der Waals surface area contributed by atoms with Crippen LogP contribution >= 0.6 is 0 Å². The second-order valence-electron chi connectivity index (χ2n) is 4.46. The van der Waals surface area contributed by atoms with Gasteiger partial charge in [-0.05, 0) is 30.7 Å². The Morgan fingerprint density at radius 3 is 2.70 bits per heavy atom. The van der Waals surface area contributed by atoms with E-state index in [1.165, 1.54) is 4.31 Å². The Morgan fingerprint density at radius 2 is 2.10 bits per heavy atom. The Labute approximate surface area is 122 Å². The SMILES string of the molecule is C#CCN(CC)S(=O)(=O)c1cccc(CNCCC)c1. The number of nitrogens with one attached hydrogen (secondary N) is 1. The molecule has 1 aromatic rings. The highest BCUT2D eigenvalue weighted by Gasteiger charge is 2.22. The van der Waals surface area contributed by atoms with E-state index in [-0.39, 0.29) is 6.54 Å². The highest BCUT2D eigenvalue weighted by Crippen LogP contribution is 2.16. The number of nitrogens with zero attached hydrogens (tertiary/aromatic N) is 1. The van der Waals surface area contributed by atoms with Crippen LogP contribution in [-0.4, -0.2) is 32.4 Å². The fraction of sp³-hybridized carbons (Fsp3) is 0.467. The number of hydrogen-bond acceptors (Lipinski definition) is 3. The molecular weight excluding hydrogens is 272 g/mol. The van der Waals surface area contributed by atoms with Crippen molar-refractivity contribution in [2.24, 2.45) is 0 Å². The van der Waals surface area contributed by atoms with Gasteiger partial charge < -0.3 is 5.32 Å². The van der Waals surface area contributed by atoms with E-state index >= 15 is 0 Å². The summed E-state index contributed by atoms with van der Waals surface area (Å²) < 4.78 is 26.2. The maximum atomic E-state index is 12.4. The zero-order valence-electron chi connectivity index (χ0n) is 12.1. The average Bonchev–Trinajstić information content (AvgIpc) is 2.45. The summed E-state index contributed by atoms with van der Waals surface area (Å²) in [5, 5.41) is 3.26. The molecule has 0 spiro atoms. The van der Waals surface area contributed by atoms with Crippen LogP contribution in [0.5, 0.6) is 0 Å². The van der Waals surface area contributed by atoms with Crippen molar-refractivity contribution in [3.05, 3.63) is 29.8 Å². The van der Waals surface area contributed by atoms with Gasteiger partial charge in [0.25, 0.3) is 0 Å². The van der Waals surface area contributed by atoms with E-state index in [2.05, 4.69) is 18.2 Å². The summed E-state index contributed by atoms with van der Waals surface area (Å²) in [6.07, 6.45) is 6.27. The van der Waals surface area contributed by atoms with Gasteiger partial charge in [0, 0.05) is 13.1 Å². The third-order valence-corrected chi connectivity index (χ3v) is 4.83. The van der Waals surface area contributed by atoms with Gasteiger partial charge in [0.05, 0.1) is 11.4 Å². The van der Waals surface area contributed by atoms with Crippen LogP contribution in [0.3, 0.4) is 0 Å². The van der Waals surface area contributed by atoms with Crippen LogP contribution in [0, 0.1) is 12.3 Å². The largest absolute Gasteiger partial charge is 0.313 e. The first kappa shape index (κ1) is 16.7. The molecule has 110 valence electrons. The summed E-state index contributed by atoms with van der Waals surface area (Å²) >= 11 is 0. The molecule has 0 unspecified atom stereocenters. The molecule has 5 heteroatoms. The molecule has 20 heavy (non-hydrogen) atoms. The number of benzene rings is 1. The molecular formula is C15H22N2O2S. The van der Waals surface area contributed by atoms with E-state index < -0.39 is 10.0 Å². The lowest BCUT2D eigenvalue weighted by Crippen LogP contribution is -2.31. The zero-order chi connectivity index (χ0) is 15.0. The quantitative estimate of drug-likeness (QED) is 0.588. The Bertz CT molecular complexity index is 561. The smallest absolute Gasteiger partial charge is 0.243 e. The molecule has 0 heterocycles. The molecule has 0 saturated carbocycles. The fourth-order valence-corrected chi connectivity index (χ4v) is 3.28. The van der Waals surface area contributed by atoms with Gasteiger partial charge >= 0.3 is 0 Å². The van der Waals surface area contributed by atoms with E-state index in [1.807, 2.05) is 6.07 Å². The minimum absolute atomic E-state index is 0.0944. The second kappa shape index (κ2) is 8.05. The van der Waals surface area contributed by atoms with Gasteiger partial charge in [-0.2, -0.15) is 4.31 Å². The van der Waals surface area contributed by atoms with Crippen LogP contribution in [-0.2, 0) is 16.6 Å². The molecule has 1 aromatic carbocycles. The van der Waals surface area contributed by atoms with Crippen LogP contribution in [0.4, 0.5) is 0 Å². The maximum Gasteiger partial charge on any atom is 0.243 e. The van der Waals surface area contributed by atoms with Gasteiger partial charge in [0.1, 0.15) is 0 Å². The van der Waals surface area contributed by atoms with E-state index in [9.17, 15) is 8.42 Å². The zero-order valence-corrected chi connectivity index (χ0v) is 12.9. The predicted octanol–water partition coefficient (Wildman–Crippen LogP) is 1.83. The van der Waals surface area contributed by atoms with Gasteiger partial charge in [0.2, 0.25) is 10.0 Å². The van der Waals surface area contributed by atoms with E-state index in [0.29, 0.717) is 18.0 Å². The Kier molecular flexibility index (Phi) is 6.73. The Balaban J connectivity index is 2.95. The molecule has 0 amide bonds. The number of terminal acetylenes is 1. The summed E-state index contributed by atoms with van der Waals surface area (Å²) in [4.78, 5) is 0.297. The molecule has 0 aliphatic heterocycles. The molecule has 0 atom stereocenters. The predicted molar refractivity (Wildman–Crippen MR) is 81.7 cm³/mol. The topological polar surface area (TPSA) is 49.4 Å². The van der Waals surface area contributed by atoms with E-state index in [1.54, 1.807) is 25.1 Å². The third-order valence-electron chi connectivity index (χ3n) is 2.91. The molecule has 1 rings (SSSR count). The lowest BCUT2D eigenvalue weighted by molar-refractivity contribution is 0.464. The van der Waals surface area contributed by atoms with Crippen molar-refractivity contribution >= 4 is 10.0 Å². The summed E-state index contributed by atoms with van der Waals surface area (Å²) in [6.45, 7) is 5.91. The lowest BCUT2D eigenvalue weighted by Gasteiger charge is -2.18. The summed E-state index contributed by atoms with van der Waals surface area (Å²) in [7, 11) is -3.50. The van der Waals surface area contributed by atoms with Gasteiger partial charge in [0.15, 0.2) is 0 Å². The minimum Gasteiger partial charge on any atom is -0.313 e. The van der Waals surface area contributed by atoms with E-state index in [4.69, 9.17) is 6.42 Å². The molecule has 0 aliphatic carbocycles. The average molecular weight is 294 g/mol. The first-order valence-corrected chi connectivity index (χ1v) is 8.23. The van der Waals surface area contributed by atoms with Crippen molar-refractivity contribution in [2.45, 2.75) is 31.7 Å².